The second kappa shape index (κ2) is 4.23. The summed E-state index contributed by atoms with van der Waals surface area (Å²) >= 11 is 0. The molecule has 2 N–H and O–H groups in total. The molecule has 0 radical (unpaired) electrons. The number of nitrogens with two attached hydrogens (primary N) is 1. The van der Waals surface area contributed by atoms with E-state index < -0.39 is 0 Å². The van der Waals surface area contributed by atoms with Gasteiger partial charge in [0.1, 0.15) is 5.76 Å². The fourth-order valence-corrected chi connectivity index (χ4v) is 1.26. The average Bonchev–Trinajstić information content (AvgIpc) is 2.03. The highest BCUT2D eigenvalue weighted by molar-refractivity contribution is 5.13. The Balaban J connectivity index is 2.94. The van der Waals surface area contributed by atoms with Crippen molar-refractivity contribution in [2.75, 3.05) is 0 Å². The van der Waals surface area contributed by atoms with E-state index in [9.17, 15) is 4.79 Å². The summed E-state index contributed by atoms with van der Waals surface area (Å²) in [6, 6.07) is 3.13. The van der Waals surface area contributed by atoms with Crippen LogP contribution in [0.25, 0.3) is 0 Å². The van der Waals surface area contributed by atoms with Gasteiger partial charge in [-0.05, 0) is 25.0 Å². The third-order valence-corrected chi connectivity index (χ3v) is 1.90. The molecule has 0 saturated heterocycles. The topological polar surface area (TPSA) is 56.2 Å². The molecule has 1 aromatic heterocycles. The molecule has 13 heavy (non-hydrogen) atoms. The van der Waals surface area contributed by atoms with Crippen LogP contribution in [0.1, 0.15) is 37.1 Å². The van der Waals surface area contributed by atoms with Gasteiger partial charge >= 0.3 is 5.63 Å². The van der Waals surface area contributed by atoms with Crippen LogP contribution < -0.4 is 11.4 Å². The molecule has 0 bridgehead atoms. The van der Waals surface area contributed by atoms with Crippen LogP contribution in [0, 0.1) is 6.92 Å². The van der Waals surface area contributed by atoms with Gasteiger partial charge < -0.3 is 10.2 Å². The number of hydrogen-bond donors (Lipinski definition) is 1. The third-order valence-electron chi connectivity index (χ3n) is 1.90. The van der Waals surface area contributed by atoms with Gasteiger partial charge in [0.15, 0.2) is 0 Å². The van der Waals surface area contributed by atoms with Gasteiger partial charge in [-0.1, -0.05) is 13.3 Å². The van der Waals surface area contributed by atoms with Crippen LogP contribution in [-0.4, -0.2) is 0 Å². The fourth-order valence-electron chi connectivity index (χ4n) is 1.26. The maximum absolute atomic E-state index is 11.0. The Morgan fingerprint density at radius 1 is 1.54 bits per heavy atom. The molecule has 0 spiro atoms. The first-order valence-corrected chi connectivity index (χ1v) is 4.50. The fraction of sp³-hybridized carbons (Fsp3) is 0.500. The summed E-state index contributed by atoms with van der Waals surface area (Å²) in [6.45, 7) is 3.91. The summed E-state index contributed by atoms with van der Waals surface area (Å²) in [7, 11) is 0. The Labute approximate surface area is 77.6 Å². The zero-order valence-electron chi connectivity index (χ0n) is 8.04. The molecule has 0 amide bonds. The van der Waals surface area contributed by atoms with Crippen molar-refractivity contribution in [2.45, 2.75) is 32.7 Å². The van der Waals surface area contributed by atoms with Gasteiger partial charge in [-0.25, -0.2) is 4.79 Å². The molecule has 0 saturated carbocycles. The molecule has 0 aromatic carbocycles. The second-order valence-corrected chi connectivity index (χ2v) is 3.25. The summed E-state index contributed by atoms with van der Waals surface area (Å²) in [5.74, 6) is 0.590. The second-order valence-electron chi connectivity index (χ2n) is 3.25. The lowest BCUT2D eigenvalue weighted by Gasteiger charge is -2.08. The zero-order valence-corrected chi connectivity index (χ0v) is 8.04. The lowest BCUT2D eigenvalue weighted by Crippen LogP contribution is -2.13. The molecule has 1 aromatic rings. The number of aryl methyl sites for hydroxylation is 1. The van der Waals surface area contributed by atoms with Crippen LogP contribution in [0.4, 0.5) is 0 Å². The molecule has 0 aliphatic heterocycles. The van der Waals surface area contributed by atoms with E-state index in [0.29, 0.717) is 5.76 Å². The molecule has 1 rings (SSSR count). The molecule has 3 nitrogen and oxygen atoms in total. The highest BCUT2D eigenvalue weighted by atomic mass is 16.4. The summed E-state index contributed by atoms with van der Waals surface area (Å²) in [4.78, 5) is 11.0. The van der Waals surface area contributed by atoms with Gasteiger partial charge in [0.25, 0.3) is 0 Å². The average molecular weight is 181 g/mol. The van der Waals surface area contributed by atoms with E-state index in [1.807, 2.05) is 19.9 Å². The van der Waals surface area contributed by atoms with Gasteiger partial charge in [-0.2, -0.15) is 0 Å². The van der Waals surface area contributed by atoms with Gasteiger partial charge in [0.2, 0.25) is 0 Å². The predicted octanol–water partition coefficient (Wildman–Crippen LogP) is 1.75. The minimum Gasteiger partial charge on any atom is -0.426 e. The van der Waals surface area contributed by atoms with Crippen molar-refractivity contribution in [2.24, 2.45) is 5.73 Å². The van der Waals surface area contributed by atoms with Crippen LogP contribution in [0.3, 0.4) is 0 Å². The van der Waals surface area contributed by atoms with Gasteiger partial charge in [-0.3, -0.25) is 0 Å². The summed E-state index contributed by atoms with van der Waals surface area (Å²) in [5.41, 5.74) is 6.39. The van der Waals surface area contributed by atoms with Crippen molar-refractivity contribution < 1.29 is 4.42 Å². The summed E-state index contributed by atoms with van der Waals surface area (Å²) < 4.78 is 4.99. The standard InChI is InChI=1S/C10H15NO2/c1-3-4-8(11)9-5-7(2)6-10(12)13-9/h5-6,8H,3-4,11H2,1-2H3/t8-/m1/s1. The van der Waals surface area contributed by atoms with E-state index in [2.05, 4.69) is 0 Å². The monoisotopic (exact) mass is 181 g/mol. The van der Waals surface area contributed by atoms with Crippen molar-refractivity contribution in [1.29, 1.82) is 0 Å². The predicted molar refractivity (Wildman–Crippen MR) is 51.6 cm³/mol. The normalized spacial score (nSPS) is 12.8. The van der Waals surface area contributed by atoms with Gasteiger partial charge in [-0.15, -0.1) is 0 Å². The van der Waals surface area contributed by atoms with Crippen LogP contribution in [0.15, 0.2) is 21.3 Å². The first-order valence-electron chi connectivity index (χ1n) is 4.50. The molecule has 72 valence electrons. The molecular weight excluding hydrogens is 166 g/mol. The molecule has 1 atom stereocenters. The highest BCUT2D eigenvalue weighted by Gasteiger charge is 2.08. The van der Waals surface area contributed by atoms with Crippen LogP contribution in [-0.2, 0) is 0 Å². The van der Waals surface area contributed by atoms with Gasteiger partial charge in [0, 0.05) is 6.07 Å². The maximum atomic E-state index is 11.0. The lowest BCUT2D eigenvalue weighted by atomic mass is 10.1. The molecule has 0 unspecified atom stereocenters. The van der Waals surface area contributed by atoms with Crippen LogP contribution in [0.2, 0.25) is 0 Å². The SMILES string of the molecule is CCC[C@@H](N)c1cc(C)cc(=O)o1. The Morgan fingerprint density at radius 2 is 2.23 bits per heavy atom. The quantitative estimate of drug-likeness (QED) is 0.772. The van der Waals surface area contributed by atoms with E-state index in [4.69, 9.17) is 10.2 Å². The van der Waals surface area contributed by atoms with E-state index in [-0.39, 0.29) is 11.7 Å². The number of rotatable bonds is 3. The molecule has 0 aliphatic rings. The first kappa shape index (κ1) is 9.99. The lowest BCUT2D eigenvalue weighted by molar-refractivity contribution is 0.411. The van der Waals surface area contributed by atoms with Gasteiger partial charge in [0.05, 0.1) is 6.04 Å². The molecule has 1 heterocycles. The molecule has 0 fully saturated rings. The van der Waals surface area contributed by atoms with Crippen molar-refractivity contribution >= 4 is 0 Å². The zero-order chi connectivity index (χ0) is 9.84. The molecule has 3 heteroatoms. The largest absolute Gasteiger partial charge is 0.426 e. The molecule has 0 aliphatic carbocycles. The van der Waals surface area contributed by atoms with Crippen molar-refractivity contribution in [3.05, 3.63) is 33.9 Å². The molecular formula is C10H15NO2. The smallest absolute Gasteiger partial charge is 0.336 e. The summed E-state index contributed by atoms with van der Waals surface area (Å²) in [6.07, 6.45) is 1.82. The Morgan fingerprint density at radius 3 is 2.77 bits per heavy atom. The minimum atomic E-state index is -0.318. The van der Waals surface area contributed by atoms with E-state index in [1.54, 1.807) is 0 Å². The first-order chi connectivity index (χ1) is 6.13. The minimum absolute atomic E-state index is 0.155. The maximum Gasteiger partial charge on any atom is 0.336 e. The Bertz CT molecular complexity index is 330. The van der Waals surface area contributed by atoms with E-state index >= 15 is 0 Å². The van der Waals surface area contributed by atoms with Crippen molar-refractivity contribution in [1.82, 2.24) is 0 Å². The Hall–Kier alpha value is -1.09. The third kappa shape index (κ3) is 2.70. The number of hydrogen-bond acceptors (Lipinski definition) is 3. The van der Waals surface area contributed by atoms with Crippen LogP contribution in [0.5, 0.6) is 0 Å². The van der Waals surface area contributed by atoms with Crippen molar-refractivity contribution in [3.63, 3.8) is 0 Å². The van der Waals surface area contributed by atoms with Crippen LogP contribution >= 0.6 is 0 Å². The highest BCUT2D eigenvalue weighted by Crippen LogP contribution is 2.14. The van der Waals surface area contributed by atoms with E-state index in [1.165, 1.54) is 6.07 Å². The Kier molecular flexibility index (Phi) is 3.25. The van der Waals surface area contributed by atoms with Crippen molar-refractivity contribution in [3.8, 4) is 0 Å². The van der Waals surface area contributed by atoms with E-state index in [0.717, 1.165) is 18.4 Å². The summed E-state index contributed by atoms with van der Waals surface area (Å²) in [5, 5.41) is 0.